The highest BCUT2D eigenvalue weighted by Gasteiger charge is 2.51. The van der Waals surface area contributed by atoms with Gasteiger partial charge in [0.2, 0.25) is 5.91 Å². The molecule has 0 saturated carbocycles. The van der Waals surface area contributed by atoms with Crippen LogP contribution in [0, 0.1) is 13.8 Å². The average molecular weight is 434 g/mol. The number of fused-ring (bicyclic) bond motifs is 4. The number of rotatable bonds is 3. The van der Waals surface area contributed by atoms with Crippen molar-refractivity contribution in [3.63, 3.8) is 0 Å². The maximum atomic E-state index is 13.3. The van der Waals surface area contributed by atoms with Crippen LogP contribution in [0.5, 0.6) is 0 Å². The summed E-state index contributed by atoms with van der Waals surface area (Å²) in [6.45, 7) is 5.05. The number of aromatic nitrogens is 2. The number of aryl methyl sites for hydroxylation is 2. The van der Waals surface area contributed by atoms with E-state index in [0.717, 1.165) is 28.5 Å². The van der Waals surface area contributed by atoms with Crippen LogP contribution in [-0.4, -0.2) is 64.9 Å². The molecule has 0 unspecified atom stereocenters. The number of furan rings is 1. The fraction of sp³-hybridized carbons (Fsp3) is 0.375. The Kier molecular flexibility index (Phi) is 4.62. The Hall–Kier alpha value is -3.55. The van der Waals surface area contributed by atoms with Crippen molar-refractivity contribution in [3.05, 3.63) is 65.5 Å². The number of likely N-dealkylation sites (N-methyl/N-ethyl adjacent to an activating group) is 1. The van der Waals surface area contributed by atoms with Crippen LogP contribution in [0.1, 0.15) is 34.0 Å². The van der Waals surface area contributed by atoms with Crippen LogP contribution in [0.15, 0.2) is 47.1 Å². The van der Waals surface area contributed by atoms with E-state index in [4.69, 9.17) is 4.42 Å². The first-order valence-corrected chi connectivity index (χ1v) is 10.8. The molecule has 2 aliphatic rings. The third kappa shape index (κ3) is 2.93. The number of pyridine rings is 1. The van der Waals surface area contributed by atoms with Gasteiger partial charge in [0.05, 0.1) is 24.5 Å². The molecule has 32 heavy (non-hydrogen) atoms. The predicted molar refractivity (Wildman–Crippen MR) is 120 cm³/mol. The molecule has 0 radical (unpaired) electrons. The molecule has 0 N–H and O–H groups in total. The Morgan fingerprint density at radius 2 is 2.03 bits per heavy atom. The summed E-state index contributed by atoms with van der Waals surface area (Å²) in [5.74, 6) is 1.80. The number of carbonyl (C=O) groups excluding carboxylic acids is 2. The fourth-order valence-electron chi connectivity index (χ4n) is 4.84. The van der Waals surface area contributed by atoms with Crippen LogP contribution in [0.2, 0.25) is 0 Å². The molecule has 166 valence electrons. The van der Waals surface area contributed by atoms with Crippen LogP contribution in [-0.2, 0) is 10.3 Å². The maximum absolute atomic E-state index is 13.3. The predicted octanol–water partition coefficient (Wildman–Crippen LogP) is 2.73. The van der Waals surface area contributed by atoms with Crippen LogP contribution < -0.4 is 4.90 Å². The molecular weight excluding hydrogens is 406 g/mol. The van der Waals surface area contributed by atoms with Crippen molar-refractivity contribution in [2.24, 2.45) is 0 Å². The van der Waals surface area contributed by atoms with Gasteiger partial charge in [0.15, 0.2) is 11.6 Å². The first kappa shape index (κ1) is 20.4. The number of anilines is 1. The van der Waals surface area contributed by atoms with E-state index < -0.39 is 5.54 Å². The summed E-state index contributed by atoms with van der Waals surface area (Å²) in [6.07, 6.45) is 4.47. The van der Waals surface area contributed by atoms with E-state index >= 15 is 0 Å². The van der Waals surface area contributed by atoms with Crippen molar-refractivity contribution in [2.75, 3.05) is 38.6 Å². The Bertz CT molecular complexity index is 1190. The molecule has 1 saturated heterocycles. The van der Waals surface area contributed by atoms with Crippen LogP contribution in [0.25, 0.3) is 5.82 Å². The standard InChI is InChI=1S/C24H27N5O3/c1-16-13-19(32-17(16)2)23(31)27-12-9-24(15-27)20-8-6-11-28(20)22-18(7-5-10-25-22)29(24)14-21(30)26(3)4/h5-8,10-11,13H,9,12,14-15H2,1-4H3/t24-/m1/s1. The van der Waals surface area contributed by atoms with Gasteiger partial charge in [-0.3, -0.25) is 9.59 Å². The van der Waals surface area contributed by atoms with Crippen LogP contribution in [0.3, 0.4) is 0 Å². The van der Waals surface area contributed by atoms with Crippen molar-refractivity contribution in [1.29, 1.82) is 0 Å². The minimum absolute atomic E-state index is 0.00115. The zero-order valence-corrected chi connectivity index (χ0v) is 18.8. The third-order valence-corrected chi connectivity index (χ3v) is 6.73. The summed E-state index contributed by atoms with van der Waals surface area (Å²) in [6, 6.07) is 9.76. The lowest BCUT2D eigenvalue weighted by atomic mass is 9.88. The molecule has 0 aromatic carbocycles. The molecule has 1 atom stereocenters. The molecule has 0 aliphatic carbocycles. The van der Waals surface area contributed by atoms with Gasteiger partial charge in [-0.25, -0.2) is 4.98 Å². The third-order valence-electron chi connectivity index (χ3n) is 6.73. The monoisotopic (exact) mass is 433 g/mol. The number of hydrogen-bond donors (Lipinski definition) is 0. The Balaban J connectivity index is 1.58. The second kappa shape index (κ2) is 7.25. The van der Waals surface area contributed by atoms with Crippen molar-refractivity contribution in [1.82, 2.24) is 19.4 Å². The van der Waals surface area contributed by atoms with Gasteiger partial charge in [-0.15, -0.1) is 0 Å². The molecule has 1 fully saturated rings. The highest BCUT2D eigenvalue weighted by Crippen LogP contribution is 2.47. The van der Waals surface area contributed by atoms with Gasteiger partial charge in [0.1, 0.15) is 11.3 Å². The molecule has 2 amide bonds. The van der Waals surface area contributed by atoms with Gasteiger partial charge in [-0.1, -0.05) is 0 Å². The SMILES string of the molecule is Cc1cc(C(=O)N2CC[C@@]3(C2)c2cccn2-c2ncccc2N3CC(=O)N(C)C)oc1C. The first-order valence-electron chi connectivity index (χ1n) is 10.8. The minimum atomic E-state index is -0.530. The lowest BCUT2D eigenvalue weighted by molar-refractivity contribution is -0.127. The number of carbonyl (C=O) groups is 2. The van der Waals surface area contributed by atoms with Gasteiger partial charge in [0, 0.05) is 33.0 Å². The Morgan fingerprint density at radius 1 is 1.22 bits per heavy atom. The lowest BCUT2D eigenvalue weighted by Gasteiger charge is -2.46. The van der Waals surface area contributed by atoms with E-state index in [1.807, 2.05) is 43.1 Å². The van der Waals surface area contributed by atoms with E-state index in [9.17, 15) is 9.59 Å². The number of amides is 2. The summed E-state index contributed by atoms with van der Waals surface area (Å²) in [5.41, 5.74) is 2.37. The molecular formula is C24H27N5O3. The highest BCUT2D eigenvalue weighted by atomic mass is 16.4. The smallest absolute Gasteiger partial charge is 0.289 e. The lowest BCUT2D eigenvalue weighted by Crippen LogP contribution is -2.55. The summed E-state index contributed by atoms with van der Waals surface area (Å²) in [5, 5.41) is 0. The second-order valence-corrected chi connectivity index (χ2v) is 8.84. The normalized spacial score (nSPS) is 19.2. The van der Waals surface area contributed by atoms with Gasteiger partial charge < -0.3 is 23.7 Å². The average Bonchev–Trinajstić information content (AvgIpc) is 3.50. The molecule has 5 rings (SSSR count). The molecule has 8 heteroatoms. The molecule has 0 bridgehead atoms. The highest BCUT2D eigenvalue weighted by molar-refractivity contribution is 5.92. The molecule has 8 nitrogen and oxygen atoms in total. The molecule has 3 aromatic rings. The van der Waals surface area contributed by atoms with E-state index in [2.05, 4.69) is 20.5 Å². The van der Waals surface area contributed by atoms with Crippen LogP contribution in [0.4, 0.5) is 5.69 Å². The van der Waals surface area contributed by atoms with E-state index in [-0.39, 0.29) is 18.4 Å². The number of hydrogen-bond acceptors (Lipinski definition) is 5. The molecule has 5 heterocycles. The van der Waals surface area contributed by atoms with Gasteiger partial charge in [-0.05, 0) is 56.2 Å². The maximum Gasteiger partial charge on any atom is 0.289 e. The van der Waals surface area contributed by atoms with E-state index in [1.54, 1.807) is 31.3 Å². The Morgan fingerprint density at radius 3 is 2.75 bits per heavy atom. The topological polar surface area (TPSA) is 74.8 Å². The summed E-state index contributed by atoms with van der Waals surface area (Å²) in [4.78, 5) is 36.3. The summed E-state index contributed by atoms with van der Waals surface area (Å²) < 4.78 is 7.80. The first-order chi connectivity index (χ1) is 15.3. The zero-order valence-electron chi connectivity index (χ0n) is 18.8. The van der Waals surface area contributed by atoms with Gasteiger partial charge in [-0.2, -0.15) is 0 Å². The van der Waals surface area contributed by atoms with Crippen molar-refractivity contribution in [2.45, 2.75) is 25.8 Å². The van der Waals surface area contributed by atoms with Crippen molar-refractivity contribution in [3.8, 4) is 5.82 Å². The van der Waals surface area contributed by atoms with Crippen LogP contribution >= 0.6 is 0 Å². The van der Waals surface area contributed by atoms with Gasteiger partial charge in [0.25, 0.3) is 5.91 Å². The summed E-state index contributed by atoms with van der Waals surface area (Å²) >= 11 is 0. The quantitative estimate of drug-likeness (QED) is 0.635. The van der Waals surface area contributed by atoms with E-state index in [1.165, 1.54) is 0 Å². The molecule has 3 aromatic heterocycles. The largest absolute Gasteiger partial charge is 0.456 e. The summed E-state index contributed by atoms with van der Waals surface area (Å²) in [7, 11) is 3.52. The van der Waals surface area contributed by atoms with E-state index in [0.29, 0.717) is 25.3 Å². The fourth-order valence-corrected chi connectivity index (χ4v) is 4.84. The number of likely N-dealkylation sites (tertiary alicyclic amines) is 1. The zero-order chi connectivity index (χ0) is 22.6. The van der Waals surface area contributed by atoms with Gasteiger partial charge >= 0.3 is 0 Å². The van der Waals surface area contributed by atoms with Crippen molar-refractivity contribution >= 4 is 17.5 Å². The Labute approximate surface area is 187 Å². The minimum Gasteiger partial charge on any atom is -0.456 e. The number of nitrogens with zero attached hydrogens (tertiary/aromatic N) is 5. The van der Waals surface area contributed by atoms with Crippen molar-refractivity contribution < 1.29 is 14.0 Å². The molecule has 2 aliphatic heterocycles. The second-order valence-electron chi connectivity index (χ2n) is 8.84. The molecule has 1 spiro atoms.